The zero-order valence-electron chi connectivity index (χ0n) is 23.5. The molecule has 5 heterocycles. The molecule has 1 aliphatic heterocycles. The van der Waals surface area contributed by atoms with Crippen LogP contribution in [0.5, 0.6) is 11.5 Å². The molecule has 41 heavy (non-hydrogen) atoms. The lowest BCUT2D eigenvalue weighted by Gasteiger charge is -2.42. The van der Waals surface area contributed by atoms with Crippen LogP contribution < -0.4 is 9.47 Å². The van der Waals surface area contributed by atoms with Gasteiger partial charge >= 0.3 is 0 Å². The van der Waals surface area contributed by atoms with Crippen molar-refractivity contribution in [3.63, 3.8) is 0 Å². The Hall–Kier alpha value is -3.90. The summed E-state index contributed by atoms with van der Waals surface area (Å²) in [5, 5.41) is 23.4. The monoisotopic (exact) mass is 562 g/mol. The van der Waals surface area contributed by atoms with E-state index in [0.29, 0.717) is 28.8 Å². The van der Waals surface area contributed by atoms with E-state index in [1.54, 1.807) is 17.8 Å². The summed E-state index contributed by atoms with van der Waals surface area (Å²) in [6.45, 7) is 5.73. The van der Waals surface area contributed by atoms with Crippen molar-refractivity contribution >= 4 is 5.52 Å². The van der Waals surface area contributed by atoms with Crippen molar-refractivity contribution < 1.29 is 19.0 Å². The van der Waals surface area contributed by atoms with Gasteiger partial charge < -0.3 is 14.6 Å². The molecular formula is C29H35FN8O3. The average Bonchev–Trinajstić information content (AvgIpc) is 3.57. The molecule has 4 aromatic heterocycles. The van der Waals surface area contributed by atoms with Crippen LogP contribution >= 0.6 is 0 Å². The Morgan fingerprint density at radius 3 is 2.66 bits per heavy atom. The van der Waals surface area contributed by atoms with E-state index in [4.69, 9.17) is 20.1 Å². The quantitative estimate of drug-likeness (QED) is 0.293. The molecule has 0 aromatic carbocycles. The van der Waals surface area contributed by atoms with E-state index in [-0.39, 0.29) is 18.7 Å². The van der Waals surface area contributed by atoms with E-state index in [9.17, 15) is 9.50 Å². The summed E-state index contributed by atoms with van der Waals surface area (Å²) in [7, 11) is 1.56. The Kier molecular flexibility index (Phi) is 7.43. The minimum Gasteiger partial charge on any atom is -0.493 e. The predicted octanol–water partition coefficient (Wildman–Crippen LogP) is 4.88. The standard InChI is InChI=1S/C29H35FN8O3/c1-17-27(35-37-11-10-36(18(2)28(17)37)22-7-5-21(34-31)6-8-22)19-12-24(29-25(40-3)14-33-38(29)15-19)41-26(16-39)23-9-4-20(30)13-32-23/h4,9,12-15,18,21-22,26,31,39H,5-8,10-11,16H2,1-3H3/t18-,21?,22?,26+/m1/s1. The number of hydrogen-bond donors (Lipinski definition) is 2. The van der Waals surface area contributed by atoms with Crippen molar-refractivity contribution in [2.75, 3.05) is 20.3 Å². The van der Waals surface area contributed by atoms with Crippen LogP contribution in [0, 0.1) is 18.3 Å². The highest BCUT2D eigenvalue weighted by Gasteiger charge is 2.35. The van der Waals surface area contributed by atoms with Crippen molar-refractivity contribution in [1.29, 1.82) is 5.53 Å². The van der Waals surface area contributed by atoms with Crippen LogP contribution in [0.4, 0.5) is 4.39 Å². The number of aromatic nitrogens is 5. The van der Waals surface area contributed by atoms with Crippen molar-refractivity contribution in [2.45, 2.75) is 70.3 Å². The first-order chi connectivity index (χ1) is 19.9. The molecule has 0 radical (unpaired) electrons. The lowest BCUT2D eigenvalue weighted by atomic mass is 9.89. The fraction of sp³-hybridized carbons (Fsp3) is 0.483. The van der Waals surface area contributed by atoms with E-state index in [0.717, 1.165) is 61.8 Å². The van der Waals surface area contributed by atoms with Gasteiger partial charge in [-0.05, 0) is 63.3 Å². The summed E-state index contributed by atoms with van der Waals surface area (Å²) in [5.41, 5.74) is 12.3. The third kappa shape index (κ3) is 4.95. The van der Waals surface area contributed by atoms with Crippen LogP contribution in [-0.4, -0.2) is 66.7 Å². The molecule has 2 atom stereocenters. The highest BCUT2D eigenvalue weighted by molar-refractivity contribution is 5.75. The molecule has 0 saturated heterocycles. The summed E-state index contributed by atoms with van der Waals surface area (Å²) < 4.78 is 29.2. The lowest BCUT2D eigenvalue weighted by Crippen LogP contribution is -2.45. The number of aliphatic hydroxyl groups is 1. The molecule has 0 spiro atoms. The number of aliphatic hydroxyl groups excluding tert-OH is 1. The second-order valence-electron chi connectivity index (χ2n) is 10.9. The fourth-order valence-corrected chi connectivity index (χ4v) is 6.46. The lowest BCUT2D eigenvalue weighted by molar-refractivity contribution is 0.0785. The molecule has 2 N–H and O–H groups in total. The largest absolute Gasteiger partial charge is 0.493 e. The normalized spacial score (nSPS) is 21.9. The highest BCUT2D eigenvalue weighted by atomic mass is 19.1. The molecule has 1 fully saturated rings. The van der Waals surface area contributed by atoms with E-state index in [2.05, 4.69) is 38.6 Å². The second-order valence-corrected chi connectivity index (χ2v) is 10.9. The fourth-order valence-electron chi connectivity index (χ4n) is 6.46. The van der Waals surface area contributed by atoms with Crippen molar-refractivity contribution in [2.24, 2.45) is 5.11 Å². The molecule has 0 bridgehead atoms. The SMILES string of the molecule is COc1cnn2cc(-c3nn4c(c3C)[C@@H](C)N(C3CCC(N=N)CC3)CC4)cc(O[C@@H](CO)c3ccc(F)cn3)c12. The zero-order chi connectivity index (χ0) is 28.7. The molecule has 2 aliphatic rings. The molecule has 6 rings (SSSR count). The molecule has 216 valence electrons. The van der Waals surface area contributed by atoms with Gasteiger partial charge in [-0.2, -0.15) is 15.3 Å². The first-order valence-corrected chi connectivity index (χ1v) is 14.1. The Balaban J connectivity index is 1.36. The van der Waals surface area contributed by atoms with Gasteiger partial charge in [-0.15, -0.1) is 0 Å². The number of pyridine rings is 2. The number of hydrogen-bond acceptors (Lipinski definition) is 9. The maximum absolute atomic E-state index is 13.5. The van der Waals surface area contributed by atoms with Gasteiger partial charge in [-0.1, -0.05) is 0 Å². The highest BCUT2D eigenvalue weighted by Crippen LogP contribution is 2.40. The van der Waals surface area contributed by atoms with E-state index < -0.39 is 11.9 Å². The number of ether oxygens (including phenoxy) is 2. The van der Waals surface area contributed by atoms with Gasteiger partial charge in [0.25, 0.3) is 0 Å². The zero-order valence-corrected chi connectivity index (χ0v) is 23.5. The summed E-state index contributed by atoms with van der Waals surface area (Å²) in [6, 6.07) is 5.53. The Morgan fingerprint density at radius 2 is 1.98 bits per heavy atom. The molecule has 11 nitrogen and oxygen atoms in total. The smallest absolute Gasteiger partial charge is 0.168 e. The topological polar surface area (TPSA) is 126 Å². The van der Waals surface area contributed by atoms with Gasteiger partial charge in [0.15, 0.2) is 23.1 Å². The van der Waals surface area contributed by atoms with Crippen molar-refractivity contribution in [1.82, 2.24) is 29.3 Å². The minimum absolute atomic E-state index is 0.168. The van der Waals surface area contributed by atoms with Gasteiger partial charge in [-0.3, -0.25) is 14.6 Å². The van der Waals surface area contributed by atoms with E-state index in [1.165, 1.54) is 17.8 Å². The molecule has 0 amide bonds. The van der Waals surface area contributed by atoms with E-state index >= 15 is 0 Å². The Bertz CT molecular complexity index is 1540. The summed E-state index contributed by atoms with van der Waals surface area (Å²) in [6.07, 6.45) is 7.87. The van der Waals surface area contributed by atoms with Crippen LogP contribution in [0.15, 0.2) is 41.9 Å². The summed E-state index contributed by atoms with van der Waals surface area (Å²) in [5.74, 6) is 0.502. The van der Waals surface area contributed by atoms with Gasteiger partial charge in [0, 0.05) is 30.4 Å². The molecule has 1 saturated carbocycles. The van der Waals surface area contributed by atoms with Crippen molar-refractivity contribution in [3.05, 3.63) is 59.6 Å². The van der Waals surface area contributed by atoms with Gasteiger partial charge in [0.2, 0.25) is 0 Å². The van der Waals surface area contributed by atoms with E-state index in [1.807, 2.05) is 12.3 Å². The number of nitrogens with zero attached hydrogens (tertiary/aromatic N) is 7. The molecule has 4 aromatic rings. The average molecular weight is 563 g/mol. The number of fused-ring (bicyclic) bond motifs is 2. The molecular weight excluding hydrogens is 527 g/mol. The number of rotatable bonds is 8. The first-order valence-electron chi connectivity index (χ1n) is 14.1. The van der Waals surface area contributed by atoms with Crippen molar-refractivity contribution in [3.8, 4) is 22.8 Å². The van der Waals surface area contributed by atoms with Crippen LogP contribution in [-0.2, 0) is 6.54 Å². The van der Waals surface area contributed by atoms with Gasteiger partial charge in [0.1, 0.15) is 5.82 Å². The summed E-state index contributed by atoms with van der Waals surface area (Å²) in [4.78, 5) is 6.70. The third-order valence-electron chi connectivity index (χ3n) is 8.57. The number of nitrogens with one attached hydrogen (secondary N) is 1. The summed E-state index contributed by atoms with van der Waals surface area (Å²) >= 11 is 0. The Labute approximate surface area is 237 Å². The molecule has 12 heteroatoms. The predicted molar refractivity (Wildman–Crippen MR) is 149 cm³/mol. The van der Waals surface area contributed by atoms with Crippen LogP contribution in [0.25, 0.3) is 16.8 Å². The maximum Gasteiger partial charge on any atom is 0.168 e. The van der Waals surface area contributed by atoms with Crippen LogP contribution in [0.3, 0.4) is 0 Å². The number of halogens is 1. The Morgan fingerprint density at radius 1 is 1.17 bits per heavy atom. The number of methoxy groups -OCH3 is 1. The molecule has 1 aliphatic carbocycles. The first kappa shape index (κ1) is 27.3. The maximum atomic E-state index is 13.5. The van der Waals surface area contributed by atoms with Crippen LogP contribution in [0.1, 0.15) is 61.7 Å². The van der Waals surface area contributed by atoms with Crippen LogP contribution in [0.2, 0.25) is 0 Å². The molecule has 0 unspecified atom stereocenters. The third-order valence-corrected chi connectivity index (χ3v) is 8.57. The van der Waals surface area contributed by atoms with Gasteiger partial charge in [-0.25, -0.2) is 14.4 Å². The van der Waals surface area contributed by atoms with Gasteiger partial charge in [0.05, 0.1) is 55.8 Å². The second kappa shape index (κ2) is 11.2. The minimum atomic E-state index is -0.822.